The minimum Gasteiger partial charge on any atom is -0.496 e. The highest BCUT2D eigenvalue weighted by atomic mass is 35.5. The zero-order valence-corrected chi connectivity index (χ0v) is 17.2. The highest BCUT2D eigenvalue weighted by Crippen LogP contribution is 2.29. The van der Waals surface area contributed by atoms with Crippen molar-refractivity contribution in [1.82, 2.24) is 4.90 Å². The molecule has 2 aliphatic rings. The molecule has 1 aromatic rings. The summed E-state index contributed by atoms with van der Waals surface area (Å²) in [4.78, 5) is 43.6. The van der Waals surface area contributed by atoms with Crippen LogP contribution in [0.25, 0.3) is 0 Å². The van der Waals surface area contributed by atoms with E-state index in [1.54, 1.807) is 30.5 Å². The number of fused-ring (bicyclic) bond motifs is 1. The number of urea groups is 1. The van der Waals surface area contributed by atoms with Crippen molar-refractivity contribution in [3.05, 3.63) is 40.6 Å². The summed E-state index contributed by atoms with van der Waals surface area (Å²) in [6, 6.07) is 6.00. The number of hydrogen-bond donors (Lipinski definition) is 1. The second kappa shape index (κ2) is 8.57. The molecule has 152 valence electrons. The Kier molecular flexibility index (Phi) is 6.12. The molecule has 0 aromatic heterocycles. The van der Waals surface area contributed by atoms with Crippen LogP contribution in [0.2, 0.25) is 5.02 Å². The van der Waals surface area contributed by atoms with Crippen LogP contribution in [-0.4, -0.2) is 59.6 Å². The molecule has 2 heterocycles. The first-order valence-corrected chi connectivity index (χ1v) is 9.66. The quantitative estimate of drug-likeness (QED) is 0.720. The van der Waals surface area contributed by atoms with Gasteiger partial charge in [0.1, 0.15) is 12.0 Å². The number of nitrogens with zero attached hydrogens (tertiary/aromatic N) is 3. The average molecular weight is 418 g/mol. The lowest BCUT2D eigenvalue weighted by molar-refractivity contribution is -0.408. The number of rotatable bonds is 6. The van der Waals surface area contributed by atoms with Crippen molar-refractivity contribution >= 4 is 47.2 Å². The first-order chi connectivity index (χ1) is 13.9. The van der Waals surface area contributed by atoms with Crippen LogP contribution in [0.4, 0.5) is 10.5 Å². The first kappa shape index (κ1) is 20.7. The fourth-order valence-electron chi connectivity index (χ4n) is 3.27. The molecular weight excluding hydrogens is 396 g/mol. The molecule has 2 aliphatic heterocycles. The third-order valence-electron chi connectivity index (χ3n) is 4.65. The fourth-order valence-corrected chi connectivity index (χ4v) is 3.46. The Bertz CT molecular complexity index is 967. The number of imide groups is 1. The Hall–Kier alpha value is -3.00. The van der Waals surface area contributed by atoms with Gasteiger partial charge in [-0.15, -0.1) is 4.99 Å². The van der Waals surface area contributed by atoms with Gasteiger partial charge in [0.05, 0.1) is 13.7 Å². The molecule has 1 N–H and O–H groups in total. The van der Waals surface area contributed by atoms with Gasteiger partial charge < -0.3 is 10.1 Å². The monoisotopic (exact) mass is 417 g/mol. The molecule has 9 heteroatoms. The van der Waals surface area contributed by atoms with Gasteiger partial charge in [-0.25, -0.2) is 4.79 Å². The normalized spacial score (nSPS) is 18.9. The van der Waals surface area contributed by atoms with E-state index in [9.17, 15) is 14.4 Å². The predicted octanol–water partition coefficient (Wildman–Crippen LogP) is 2.68. The van der Waals surface area contributed by atoms with E-state index < -0.39 is 30.3 Å². The maximum Gasteiger partial charge on any atom is 0.446 e. The number of allylic oxidation sites excluding steroid dienone is 1. The Morgan fingerprint density at radius 3 is 2.76 bits per heavy atom. The number of anilines is 1. The highest BCUT2D eigenvalue weighted by Gasteiger charge is 2.51. The summed E-state index contributed by atoms with van der Waals surface area (Å²) in [6.07, 6.45) is 2.25. The van der Waals surface area contributed by atoms with Crippen molar-refractivity contribution < 1.29 is 23.7 Å². The molecule has 29 heavy (non-hydrogen) atoms. The van der Waals surface area contributed by atoms with Crippen molar-refractivity contribution in [2.24, 2.45) is 10.9 Å². The lowest BCUT2D eigenvalue weighted by Crippen LogP contribution is -2.56. The molecule has 4 amide bonds. The Labute approximate surface area is 173 Å². The van der Waals surface area contributed by atoms with Gasteiger partial charge >= 0.3 is 11.9 Å². The van der Waals surface area contributed by atoms with E-state index in [1.807, 2.05) is 13.8 Å². The smallest absolute Gasteiger partial charge is 0.446 e. The summed E-state index contributed by atoms with van der Waals surface area (Å²) in [5.41, 5.74) is 1.27. The van der Waals surface area contributed by atoms with Crippen LogP contribution >= 0.6 is 11.6 Å². The van der Waals surface area contributed by atoms with Gasteiger partial charge in [-0.05, 0) is 31.5 Å². The van der Waals surface area contributed by atoms with Gasteiger partial charge in [-0.3, -0.25) is 9.59 Å². The molecule has 0 fully saturated rings. The van der Waals surface area contributed by atoms with Gasteiger partial charge in [0.2, 0.25) is 0 Å². The van der Waals surface area contributed by atoms with Crippen LogP contribution in [0.1, 0.15) is 20.3 Å². The van der Waals surface area contributed by atoms with Crippen molar-refractivity contribution in [3.63, 3.8) is 0 Å². The molecule has 0 saturated heterocycles. The van der Waals surface area contributed by atoms with Crippen molar-refractivity contribution in [2.45, 2.75) is 20.3 Å². The van der Waals surface area contributed by atoms with E-state index in [0.29, 0.717) is 35.3 Å². The number of benzene rings is 1. The fraction of sp³-hybridized carbons (Fsp3) is 0.350. The number of ether oxygens (including phenoxy) is 1. The minimum atomic E-state index is -0.850. The number of carbonyl (C=O) groups is 3. The molecule has 1 aromatic carbocycles. The molecule has 0 saturated carbocycles. The Morgan fingerprint density at radius 1 is 1.34 bits per heavy atom. The molecule has 3 rings (SSSR count). The third kappa shape index (κ3) is 4.07. The minimum absolute atomic E-state index is 0.298. The summed E-state index contributed by atoms with van der Waals surface area (Å²) in [7, 11) is 1.52. The molecule has 0 bridgehead atoms. The highest BCUT2D eigenvalue weighted by molar-refractivity contribution is 6.30. The van der Waals surface area contributed by atoms with Crippen LogP contribution in [0.5, 0.6) is 0 Å². The lowest BCUT2D eigenvalue weighted by Gasteiger charge is -2.29. The van der Waals surface area contributed by atoms with Crippen LogP contribution in [0, 0.1) is 5.92 Å². The standard InChI is InChI=1S/C20H21ClN4O4/c1-4-12-10-22-18-16(17(12)29-5-2)19(27)25(20(28)24(18)3)11-15(26)23-14-8-6-7-13(21)9-14/h6-10,16H,4-5,11H2,1-3H3/p+1. The van der Waals surface area contributed by atoms with Gasteiger partial charge in [0, 0.05) is 16.3 Å². The van der Waals surface area contributed by atoms with E-state index in [4.69, 9.17) is 16.3 Å². The number of carbonyl (C=O) groups excluding carboxylic acids is 3. The van der Waals surface area contributed by atoms with Crippen molar-refractivity contribution in [3.8, 4) is 0 Å². The van der Waals surface area contributed by atoms with E-state index in [0.717, 1.165) is 10.5 Å². The number of amides is 4. The molecule has 1 unspecified atom stereocenters. The number of halogens is 1. The van der Waals surface area contributed by atoms with Crippen LogP contribution in [0.3, 0.4) is 0 Å². The van der Waals surface area contributed by atoms with E-state index in [-0.39, 0.29) is 0 Å². The van der Waals surface area contributed by atoms with Crippen molar-refractivity contribution in [1.29, 1.82) is 0 Å². The van der Waals surface area contributed by atoms with Gasteiger partial charge in [-0.1, -0.05) is 24.6 Å². The SMILES string of the molecule is CCOC1=C(CC)C=NC2=[N+](C)C(=O)N(CC(=O)Nc3cccc(Cl)c3)C(=O)C12. The predicted molar refractivity (Wildman–Crippen MR) is 109 cm³/mol. The average Bonchev–Trinajstić information content (AvgIpc) is 2.69. The van der Waals surface area contributed by atoms with Crippen LogP contribution < -0.4 is 5.32 Å². The number of aliphatic imine (C=N–C) groups is 1. The zero-order chi connectivity index (χ0) is 21.1. The number of nitrogens with one attached hydrogen (secondary N) is 1. The van der Waals surface area contributed by atoms with Crippen molar-refractivity contribution in [2.75, 3.05) is 25.5 Å². The molecule has 0 spiro atoms. The first-order valence-electron chi connectivity index (χ1n) is 9.28. The van der Waals surface area contributed by atoms with Gasteiger partial charge in [0.15, 0.2) is 12.5 Å². The van der Waals surface area contributed by atoms with Gasteiger partial charge in [-0.2, -0.15) is 9.48 Å². The topological polar surface area (TPSA) is 91.1 Å². The maximum atomic E-state index is 13.2. The summed E-state index contributed by atoms with van der Waals surface area (Å²) in [6.45, 7) is 3.70. The maximum absolute atomic E-state index is 13.2. The van der Waals surface area contributed by atoms with Crippen LogP contribution in [0.15, 0.2) is 40.6 Å². The summed E-state index contributed by atoms with van der Waals surface area (Å²) >= 11 is 5.92. The van der Waals surface area contributed by atoms with Crippen LogP contribution in [-0.2, 0) is 14.3 Å². The number of dihydropyridines is 1. The summed E-state index contributed by atoms with van der Waals surface area (Å²) in [5.74, 6) is -1.12. The number of amidine groups is 1. The summed E-state index contributed by atoms with van der Waals surface area (Å²) in [5, 5.41) is 3.11. The molecule has 8 nitrogen and oxygen atoms in total. The molecule has 0 radical (unpaired) electrons. The Balaban J connectivity index is 1.88. The lowest BCUT2D eigenvalue weighted by atomic mass is 9.94. The van der Waals surface area contributed by atoms with E-state index in [1.165, 1.54) is 11.6 Å². The third-order valence-corrected chi connectivity index (χ3v) is 4.89. The largest absolute Gasteiger partial charge is 0.496 e. The second-order valence-electron chi connectivity index (χ2n) is 6.55. The van der Waals surface area contributed by atoms with E-state index >= 15 is 0 Å². The molecule has 0 aliphatic carbocycles. The second-order valence-corrected chi connectivity index (χ2v) is 6.99. The summed E-state index contributed by atoms with van der Waals surface area (Å²) < 4.78 is 7.02. The molecular formula is C20H22ClN4O4+. The molecule has 1 atom stereocenters. The van der Waals surface area contributed by atoms with E-state index in [2.05, 4.69) is 10.3 Å². The zero-order valence-electron chi connectivity index (χ0n) is 16.4. The number of hydrogen-bond acceptors (Lipinski definition) is 5. The van der Waals surface area contributed by atoms with Gasteiger partial charge in [0.25, 0.3) is 11.7 Å². The Morgan fingerprint density at radius 2 is 2.10 bits per heavy atom.